The number of nitrogens with two attached hydrogens (primary N) is 1. The van der Waals surface area contributed by atoms with Gasteiger partial charge in [-0.05, 0) is 32.2 Å². The Morgan fingerprint density at radius 2 is 1.57 bits per heavy atom. The number of hydrogen-bond acceptors (Lipinski definition) is 1. The minimum atomic E-state index is 0.825. The second kappa shape index (κ2) is 12.2. The van der Waals surface area contributed by atoms with E-state index in [1.54, 1.807) is 0 Å². The minimum Gasteiger partial charge on any atom is -0.330 e. The van der Waals surface area contributed by atoms with Gasteiger partial charge >= 0.3 is 0 Å². The molecule has 0 bridgehead atoms. The Kier molecular flexibility index (Phi) is 11.5. The highest BCUT2D eigenvalue weighted by molar-refractivity contribution is 5.10. The standard InChI is InChI=1S/C13H23N/c1-2-3-4-5-6-7-8-9-10-11-12-13-14/h3-8H,2,9-14H2,1H3. The predicted molar refractivity (Wildman–Crippen MR) is 65.2 cm³/mol. The topological polar surface area (TPSA) is 26.0 Å². The van der Waals surface area contributed by atoms with E-state index in [0.29, 0.717) is 0 Å². The molecule has 0 unspecified atom stereocenters. The first-order valence-corrected chi connectivity index (χ1v) is 5.60. The molecule has 0 amide bonds. The van der Waals surface area contributed by atoms with Crippen LogP contribution in [0.4, 0.5) is 0 Å². The van der Waals surface area contributed by atoms with E-state index in [9.17, 15) is 0 Å². The van der Waals surface area contributed by atoms with E-state index >= 15 is 0 Å². The number of hydrogen-bond donors (Lipinski definition) is 1. The molecule has 0 aromatic heterocycles. The first kappa shape index (κ1) is 13.2. The summed E-state index contributed by atoms with van der Waals surface area (Å²) in [6.45, 7) is 2.96. The Morgan fingerprint density at radius 3 is 2.21 bits per heavy atom. The zero-order valence-electron chi connectivity index (χ0n) is 9.28. The fourth-order valence-electron chi connectivity index (χ4n) is 1.10. The van der Waals surface area contributed by atoms with Gasteiger partial charge in [-0.25, -0.2) is 0 Å². The maximum atomic E-state index is 5.40. The molecule has 0 radical (unpaired) electrons. The van der Waals surface area contributed by atoms with E-state index in [-0.39, 0.29) is 0 Å². The Bertz CT molecular complexity index is 178. The smallest absolute Gasteiger partial charge is 0.00773 e. The summed E-state index contributed by atoms with van der Waals surface area (Å²) in [6.07, 6.45) is 18.6. The highest BCUT2D eigenvalue weighted by Gasteiger charge is 1.82. The van der Waals surface area contributed by atoms with E-state index in [1.165, 1.54) is 19.3 Å². The van der Waals surface area contributed by atoms with E-state index in [0.717, 1.165) is 19.4 Å². The third kappa shape index (κ3) is 11.2. The Hall–Kier alpha value is -0.820. The quantitative estimate of drug-likeness (QED) is 0.463. The molecular weight excluding hydrogens is 170 g/mol. The van der Waals surface area contributed by atoms with Crippen molar-refractivity contribution in [2.75, 3.05) is 6.54 Å². The van der Waals surface area contributed by atoms with E-state index in [2.05, 4.69) is 43.4 Å². The van der Waals surface area contributed by atoms with Crippen LogP contribution in [0.2, 0.25) is 0 Å². The Morgan fingerprint density at radius 1 is 0.857 bits per heavy atom. The van der Waals surface area contributed by atoms with Crippen molar-refractivity contribution in [1.29, 1.82) is 0 Å². The van der Waals surface area contributed by atoms with Crippen LogP contribution in [0, 0.1) is 0 Å². The maximum absolute atomic E-state index is 5.40. The zero-order chi connectivity index (χ0) is 10.5. The van der Waals surface area contributed by atoms with Gasteiger partial charge in [0.05, 0.1) is 0 Å². The second-order valence-corrected chi connectivity index (χ2v) is 3.29. The summed E-state index contributed by atoms with van der Waals surface area (Å²) in [7, 11) is 0. The van der Waals surface area contributed by atoms with Gasteiger partial charge in [0, 0.05) is 0 Å². The molecule has 0 aliphatic heterocycles. The van der Waals surface area contributed by atoms with Crippen LogP contribution in [-0.2, 0) is 0 Å². The number of rotatable bonds is 8. The summed E-state index contributed by atoms with van der Waals surface area (Å²) in [4.78, 5) is 0. The highest BCUT2D eigenvalue weighted by Crippen LogP contribution is 1.99. The molecule has 0 spiro atoms. The maximum Gasteiger partial charge on any atom is -0.00773 e. The van der Waals surface area contributed by atoms with Gasteiger partial charge in [0.2, 0.25) is 0 Å². The van der Waals surface area contributed by atoms with Crippen molar-refractivity contribution < 1.29 is 0 Å². The van der Waals surface area contributed by atoms with Crippen LogP contribution in [0.15, 0.2) is 36.5 Å². The minimum absolute atomic E-state index is 0.825. The van der Waals surface area contributed by atoms with E-state index in [4.69, 9.17) is 5.73 Å². The average molecular weight is 193 g/mol. The van der Waals surface area contributed by atoms with Gasteiger partial charge in [-0.1, -0.05) is 49.8 Å². The summed E-state index contributed by atoms with van der Waals surface area (Å²) in [6, 6.07) is 0. The lowest BCUT2D eigenvalue weighted by molar-refractivity contribution is 0.695. The van der Waals surface area contributed by atoms with Crippen molar-refractivity contribution in [3.05, 3.63) is 36.5 Å². The monoisotopic (exact) mass is 193 g/mol. The summed E-state index contributed by atoms with van der Waals surface area (Å²) in [5.74, 6) is 0. The van der Waals surface area contributed by atoms with Crippen LogP contribution in [0.5, 0.6) is 0 Å². The van der Waals surface area contributed by atoms with Gasteiger partial charge in [-0.3, -0.25) is 0 Å². The molecule has 0 aromatic carbocycles. The van der Waals surface area contributed by atoms with Gasteiger partial charge in [0.1, 0.15) is 0 Å². The van der Waals surface area contributed by atoms with Crippen molar-refractivity contribution in [3.8, 4) is 0 Å². The molecule has 0 aliphatic carbocycles. The van der Waals surface area contributed by atoms with Crippen molar-refractivity contribution in [2.45, 2.75) is 39.0 Å². The van der Waals surface area contributed by atoms with Crippen LogP contribution in [0.1, 0.15) is 39.0 Å². The van der Waals surface area contributed by atoms with Gasteiger partial charge in [-0.15, -0.1) is 0 Å². The van der Waals surface area contributed by atoms with E-state index in [1.807, 2.05) is 0 Å². The summed E-state index contributed by atoms with van der Waals surface area (Å²) in [5, 5.41) is 0. The lowest BCUT2D eigenvalue weighted by Crippen LogP contribution is -1.97. The largest absolute Gasteiger partial charge is 0.330 e. The molecule has 0 rings (SSSR count). The molecule has 80 valence electrons. The van der Waals surface area contributed by atoms with Crippen LogP contribution in [0.3, 0.4) is 0 Å². The molecule has 0 aromatic rings. The molecule has 1 heteroatoms. The van der Waals surface area contributed by atoms with Crippen molar-refractivity contribution in [3.63, 3.8) is 0 Å². The molecule has 0 heterocycles. The third-order valence-corrected chi connectivity index (χ3v) is 1.92. The molecular formula is C13H23N. The molecule has 0 fully saturated rings. The fourth-order valence-corrected chi connectivity index (χ4v) is 1.10. The Labute approximate surface area is 88.4 Å². The fraction of sp³-hybridized carbons (Fsp3) is 0.538. The predicted octanol–water partition coefficient (Wildman–Crippen LogP) is 3.58. The molecule has 0 saturated carbocycles. The SMILES string of the molecule is CCC=CC=CC=CCCCCCN. The zero-order valence-corrected chi connectivity index (χ0v) is 9.28. The summed E-state index contributed by atoms with van der Waals surface area (Å²) >= 11 is 0. The summed E-state index contributed by atoms with van der Waals surface area (Å²) in [5.41, 5.74) is 5.40. The van der Waals surface area contributed by atoms with Crippen LogP contribution in [0.25, 0.3) is 0 Å². The lowest BCUT2D eigenvalue weighted by Gasteiger charge is -1.92. The summed E-state index contributed by atoms with van der Waals surface area (Å²) < 4.78 is 0. The van der Waals surface area contributed by atoms with Crippen molar-refractivity contribution in [2.24, 2.45) is 5.73 Å². The highest BCUT2D eigenvalue weighted by atomic mass is 14.5. The molecule has 0 aliphatic rings. The number of unbranched alkanes of at least 4 members (excludes halogenated alkanes) is 3. The first-order chi connectivity index (χ1) is 6.91. The van der Waals surface area contributed by atoms with Crippen LogP contribution in [-0.4, -0.2) is 6.54 Å². The molecule has 1 nitrogen and oxygen atoms in total. The average Bonchev–Trinajstić information content (AvgIpc) is 2.21. The molecule has 14 heavy (non-hydrogen) atoms. The molecule has 2 N–H and O–H groups in total. The molecule has 0 saturated heterocycles. The van der Waals surface area contributed by atoms with Crippen LogP contribution >= 0.6 is 0 Å². The first-order valence-electron chi connectivity index (χ1n) is 5.60. The number of allylic oxidation sites excluding steroid dienone is 6. The van der Waals surface area contributed by atoms with Crippen molar-refractivity contribution in [1.82, 2.24) is 0 Å². The van der Waals surface area contributed by atoms with Gasteiger partial charge in [0.15, 0.2) is 0 Å². The van der Waals surface area contributed by atoms with Gasteiger partial charge in [-0.2, -0.15) is 0 Å². The van der Waals surface area contributed by atoms with Crippen LogP contribution < -0.4 is 5.73 Å². The lowest BCUT2D eigenvalue weighted by atomic mass is 10.2. The molecule has 0 atom stereocenters. The normalized spacial score (nSPS) is 12.4. The van der Waals surface area contributed by atoms with E-state index < -0.39 is 0 Å². The third-order valence-electron chi connectivity index (χ3n) is 1.92. The second-order valence-electron chi connectivity index (χ2n) is 3.29. The van der Waals surface area contributed by atoms with Gasteiger partial charge in [0.25, 0.3) is 0 Å². The van der Waals surface area contributed by atoms with Crippen molar-refractivity contribution >= 4 is 0 Å². The van der Waals surface area contributed by atoms with Gasteiger partial charge < -0.3 is 5.73 Å². The Balaban J connectivity index is 3.26.